The quantitative estimate of drug-likeness (QED) is 0.778. The first-order valence-electron chi connectivity index (χ1n) is 6.19. The van der Waals surface area contributed by atoms with Gasteiger partial charge in [-0.15, -0.1) is 0 Å². The van der Waals surface area contributed by atoms with E-state index >= 15 is 0 Å². The molecule has 0 saturated carbocycles. The predicted molar refractivity (Wildman–Crippen MR) is 75.5 cm³/mol. The molecular formula is C13H22N2O3S. The normalized spacial score (nSPS) is 12.1. The fraction of sp³-hybridized carbons (Fsp3) is 0.538. The monoisotopic (exact) mass is 286 g/mol. The van der Waals surface area contributed by atoms with Crippen molar-refractivity contribution in [2.75, 3.05) is 20.1 Å². The lowest BCUT2D eigenvalue weighted by molar-refractivity contribution is 0.456. The molecule has 1 aromatic heterocycles. The summed E-state index contributed by atoms with van der Waals surface area (Å²) in [6, 6.07) is 1.59. The molecule has 1 rings (SSSR count). The van der Waals surface area contributed by atoms with E-state index in [1.54, 1.807) is 27.0 Å². The molecule has 0 aliphatic carbocycles. The van der Waals surface area contributed by atoms with Crippen LogP contribution in [0.5, 0.6) is 0 Å². The third-order valence-electron chi connectivity index (χ3n) is 2.65. The zero-order chi connectivity index (χ0) is 14.6. The molecule has 0 atom stereocenters. The SMILES string of the molecule is C=C(C)CN(C)S(=O)(=O)c1cc(CNCC)oc1C. The molecule has 5 nitrogen and oxygen atoms in total. The molecule has 19 heavy (non-hydrogen) atoms. The van der Waals surface area contributed by atoms with E-state index in [4.69, 9.17) is 4.42 Å². The Morgan fingerprint density at radius 2 is 2.16 bits per heavy atom. The van der Waals surface area contributed by atoms with Crippen LogP contribution in [0.4, 0.5) is 0 Å². The molecule has 1 N–H and O–H groups in total. The first kappa shape index (κ1) is 15.9. The number of hydrogen-bond donors (Lipinski definition) is 1. The average molecular weight is 286 g/mol. The molecule has 0 bridgehead atoms. The lowest BCUT2D eigenvalue weighted by Crippen LogP contribution is -2.28. The highest BCUT2D eigenvalue weighted by Gasteiger charge is 2.25. The van der Waals surface area contributed by atoms with Crippen LogP contribution in [-0.2, 0) is 16.6 Å². The van der Waals surface area contributed by atoms with Crippen LogP contribution in [0.25, 0.3) is 0 Å². The highest BCUT2D eigenvalue weighted by molar-refractivity contribution is 7.89. The van der Waals surface area contributed by atoms with E-state index in [2.05, 4.69) is 11.9 Å². The number of likely N-dealkylation sites (N-methyl/N-ethyl adjacent to an activating group) is 1. The van der Waals surface area contributed by atoms with E-state index in [9.17, 15) is 8.42 Å². The minimum Gasteiger partial charge on any atom is -0.464 e. The summed E-state index contributed by atoms with van der Waals surface area (Å²) < 4.78 is 31.5. The second kappa shape index (κ2) is 6.36. The van der Waals surface area contributed by atoms with Gasteiger partial charge in [-0.1, -0.05) is 19.1 Å². The van der Waals surface area contributed by atoms with Crippen LogP contribution in [0.15, 0.2) is 27.5 Å². The third kappa shape index (κ3) is 3.92. The van der Waals surface area contributed by atoms with Crippen molar-refractivity contribution >= 4 is 10.0 Å². The minimum atomic E-state index is -3.52. The molecule has 0 fully saturated rings. The van der Waals surface area contributed by atoms with Gasteiger partial charge >= 0.3 is 0 Å². The van der Waals surface area contributed by atoms with Crippen molar-refractivity contribution in [1.29, 1.82) is 0 Å². The summed E-state index contributed by atoms with van der Waals surface area (Å²) in [5, 5.41) is 3.10. The molecule has 1 heterocycles. The Bertz CT molecular complexity index is 546. The number of nitrogens with zero attached hydrogens (tertiary/aromatic N) is 1. The number of hydrogen-bond acceptors (Lipinski definition) is 4. The summed E-state index contributed by atoms with van der Waals surface area (Å²) in [6.45, 7) is 10.8. The summed E-state index contributed by atoms with van der Waals surface area (Å²) >= 11 is 0. The van der Waals surface area contributed by atoms with E-state index in [-0.39, 0.29) is 4.90 Å². The highest BCUT2D eigenvalue weighted by atomic mass is 32.2. The molecule has 0 aliphatic heterocycles. The Morgan fingerprint density at radius 1 is 1.53 bits per heavy atom. The Hall–Kier alpha value is -1.11. The number of sulfonamides is 1. The van der Waals surface area contributed by atoms with Gasteiger partial charge in [-0.25, -0.2) is 8.42 Å². The number of aryl methyl sites for hydroxylation is 1. The maximum atomic E-state index is 12.4. The fourth-order valence-corrected chi connectivity index (χ4v) is 3.16. The maximum Gasteiger partial charge on any atom is 0.246 e. The van der Waals surface area contributed by atoms with Crippen molar-refractivity contribution in [2.45, 2.75) is 32.2 Å². The smallest absolute Gasteiger partial charge is 0.246 e. The predicted octanol–water partition coefficient (Wildman–Crippen LogP) is 1.89. The van der Waals surface area contributed by atoms with Gasteiger partial charge in [0.25, 0.3) is 0 Å². The van der Waals surface area contributed by atoms with Crippen LogP contribution in [0.1, 0.15) is 25.4 Å². The van der Waals surface area contributed by atoms with Gasteiger partial charge in [-0.05, 0) is 20.4 Å². The van der Waals surface area contributed by atoms with Crippen molar-refractivity contribution in [2.24, 2.45) is 0 Å². The number of nitrogens with one attached hydrogen (secondary N) is 1. The lowest BCUT2D eigenvalue weighted by atomic mass is 10.4. The Labute approximate surface area is 115 Å². The van der Waals surface area contributed by atoms with Gasteiger partial charge in [0.2, 0.25) is 10.0 Å². The summed E-state index contributed by atoms with van der Waals surface area (Å²) in [5.74, 6) is 1.04. The molecule has 0 saturated heterocycles. The van der Waals surface area contributed by atoms with Crippen molar-refractivity contribution in [1.82, 2.24) is 9.62 Å². The molecule has 0 spiro atoms. The molecule has 0 unspecified atom stereocenters. The van der Waals surface area contributed by atoms with Crippen LogP contribution < -0.4 is 5.32 Å². The van der Waals surface area contributed by atoms with Crippen LogP contribution in [0.2, 0.25) is 0 Å². The zero-order valence-electron chi connectivity index (χ0n) is 12.0. The first-order chi connectivity index (χ1) is 8.78. The zero-order valence-corrected chi connectivity index (χ0v) is 12.8. The Morgan fingerprint density at radius 3 is 2.68 bits per heavy atom. The van der Waals surface area contributed by atoms with E-state index < -0.39 is 10.0 Å². The summed E-state index contributed by atoms with van der Waals surface area (Å²) in [4.78, 5) is 0.226. The second-order valence-corrected chi connectivity index (χ2v) is 6.64. The summed E-state index contributed by atoms with van der Waals surface area (Å²) in [7, 11) is -1.98. The van der Waals surface area contributed by atoms with Gasteiger partial charge in [-0.2, -0.15) is 4.31 Å². The van der Waals surface area contributed by atoms with Gasteiger partial charge < -0.3 is 9.73 Å². The van der Waals surface area contributed by atoms with Gasteiger partial charge in [-0.3, -0.25) is 0 Å². The molecule has 0 aromatic carbocycles. The van der Waals surface area contributed by atoms with Gasteiger partial charge in [0.05, 0.1) is 6.54 Å². The van der Waals surface area contributed by atoms with Crippen molar-refractivity contribution < 1.29 is 12.8 Å². The number of rotatable bonds is 7. The van der Waals surface area contributed by atoms with Crippen LogP contribution >= 0.6 is 0 Å². The van der Waals surface area contributed by atoms with E-state index in [0.717, 1.165) is 12.1 Å². The minimum absolute atomic E-state index is 0.226. The average Bonchev–Trinajstić information content (AvgIpc) is 2.67. The van der Waals surface area contributed by atoms with Crippen LogP contribution in [-0.4, -0.2) is 32.9 Å². The van der Waals surface area contributed by atoms with Crippen LogP contribution in [0.3, 0.4) is 0 Å². The highest BCUT2D eigenvalue weighted by Crippen LogP contribution is 2.23. The molecule has 108 valence electrons. The van der Waals surface area contributed by atoms with Crippen molar-refractivity contribution in [3.8, 4) is 0 Å². The maximum absolute atomic E-state index is 12.4. The first-order valence-corrected chi connectivity index (χ1v) is 7.63. The molecule has 0 aliphatic rings. The molecule has 0 amide bonds. The standard InChI is InChI=1S/C13H22N2O3S/c1-6-14-8-12-7-13(11(4)18-12)19(16,17)15(5)9-10(2)3/h7,14H,2,6,8-9H2,1,3-5H3. The van der Waals surface area contributed by atoms with Crippen LogP contribution in [0, 0.1) is 6.92 Å². The van der Waals surface area contributed by atoms with Crippen molar-refractivity contribution in [3.05, 3.63) is 29.7 Å². The van der Waals surface area contributed by atoms with E-state index in [1.165, 1.54) is 4.31 Å². The number of furan rings is 1. The Balaban J connectivity index is 3.01. The molecule has 6 heteroatoms. The summed E-state index contributed by atoms with van der Waals surface area (Å²) in [6.07, 6.45) is 0. The summed E-state index contributed by atoms with van der Waals surface area (Å²) in [5.41, 5.74) is 0.792. The topological polar surface area (TPSA) is 62.6 Å². The van der Waals surface area contributed by atoms with Crippen molar-refractivity contribution in [3.63, 3.8) is 0 Å². The molecular weight excluding hydrogens is 264 g/mol. The van der Waals surface area contributed by atoms with Gasteiger partial charge in [0, 0.05) is 19.7 Å². The third-order valence-corrected chi connectivity index (χ3v) is 4.56. The van der Waals surface area contributed by atoms with E-state index in [1.807, 2.05) is 6.92 Å². The van der Waals surface area contributed by atoms with Gasteiger partial charge in [0.15, 0.2) is 0 Å². The molecule has 0 radical (unpaired) electrons. The lowest BCUT2D eigenvalue weighted by Gasteiger charge is -2.16. The largest absolute Gasteiger partial charge is 0.464 e. The second-order valence-electron chi connectivity index (χ2n) is 4.63. The van der Waals surface area contributed by atoms with E-state index in [0.29, 0.717) is 24.6 Å². The van der Waals surface area contributed by atoms with Gasteiger partial charge in [0.1, 0.15) is 16.4 Å². The molecule has 1 aromatic rings. The fourth-order valence-electron chi connectivity index (χ4n) is 1.75. The Kier molecular flexibility index (Phi) is 5.34.